The highest BCUT2D eigenvalue weighted by Gasteiger charge is 2.28. The highest BCUT2D eigenvalue weighted by atomic mass is 32.2. The molecular weight excluding hydrogens is 358 g/mol. The van der Waals surface area contributed by atoms with Crippen molar-refractivity contribution in [2.24, 2.45) is 0 Å². The summed E-state index contributed by atoms with van der Waals surface area (Å²) in [5.74, 6) is -0.372. The molecule has 0 heterocycles. The Hall–Kier alpha value is -2.74. The summed E-state index contributed by atoms with van der Waals surface area (Å²) in [5, 5.41) is 9.03. The molecule has 0 aliphatic rings. The zero-order chi connectivity index (χ0) is 19.3. The number of carboxylic acids is 1. The summed E-state index contributed by atoms with van der Waals surface area (Å²) < 4.78 is 37.8. The number of aryl methyl sites for hydroxylation is 1. The van der Waals surface area contributed by atoms with E-state index in [0.717, 1.165) is 9.87 Å². The maximum absolute atomic E-state index is 13.2. The Labute approximate surface area is 152 Å². The third-order valence-corrected chi connectivity index (χ3v) is 5.62. The van der Waals surface area contributed by atoms with Gasteiger partial charge in [-0.25, -0.2) is 8.42 Å². The van der Waals surface area contributed by atoms with Gasteiger partial charge in [0.25, 0.3) is 10.0 Å². The molecular formula is C18H21NO6S. The molecule has 0 radical (unpaired) electrons. The van der Waals surface area contributed by atoms with Crippen molar-refractivity contribution >= 4 is 21.7 Å². The van der Waals surface area contributed by atoms with Crippen LogP contribution in [0.15, 0.2) is 47.4 Å². The number of hydrogen-bond acceptors (Lipinski definition) is 5. The number of carboxylic acid groups (broad SMARTS) is 1. The summed E-state index contributed by atoms with van der Waals surface area (Å²) in [7, 11) is -1.11. The van der Waals surface area contributed by atoms with Crippen LogP contribution in [0.5, 0.6) is 11.5 Å². The molecule has 0 aliphatic heterocycles. The Morgan fingerprint density at radius 1 is 1.08 bits per heavy atom. The van der Waals surface area contributed by atoms with Crippen LogP contribution in [0, 0.1) is 6.92 Å². The molecule has 0 fully saturated rings. The molecule has 0 unspecified atom stereocenters. The molecule has 0 amide bonds. The number of methoxy groups -OCH3 is 2. The first kappa shape index (κ1) is 19.6. The first-order valence-electron chi connectivity index (χ1n) is 7.83. The van der Waals surface area contributed by atoms with E-state index < -0.39 is 16.0 Å². The molecule has 0 aliphatic carbocycles. The van der Waals surface area contributed by atoms with E-state index in [4.69, 9.17) is 14.6 Å². The van der Waals surface area contributed by atoms with E-state index in [2.05, 4.69) is 0 Å². The molecule has 8 heteroatoms. The van der Waals surface area contributed by atoms with Crippen molar-refractivity contribution in [3.63, 3.8) is 0 Å². The molecule has 0 atom stereocenters. The van der Waals surface area contributed by atoms with Gasteiger partial charge in [0.15, 0.2) is 0 Å². The number of carbonyl (C=O) groups is 1. The van der Waals surface area contributed by atoms with Gasteiger partial charge in [0.05, 0.1) is 31.2 Å². The minimum absolute atomic E-state index is 0.0679. The second-order valence-corrected chi connectivity index (χ2v) is 7.43. The number of rotatable bonds is 8. The van der Waals surface area contributed by atoms with E-state index in [1.807, 2.05) is 6.92 Å². The average molecular weight is 379 g/mol. The van der Waals surface area contributed by atoms with Crippen LogP contribution < -0.4 is 13.8 Å². The Bertz CT molecular complexity index is 877. The van der Waals surface area contributed by atoms with Crippen molar-refractivity contribution in [1.82, 2.24) is 0 Å². The maximum atomic E-state index is 13.2. The van der Waals surface area contributed by atoms with Crippen LogP contribution in [0.3, 0.4) is 0 Å². The maximum Gasteiger partial charge on any atom is 0.305 e. The molecule has 0 saturated heterocycles. The Balaban J connectivity index is 2.59. The lowest BCUT2D eigenvalue weighted by atomic mass is 10.2. The molecule has 1 N–H and O–H groups in total. The largest absolute Gasteiger partial charge is 0.497 e. The van der Waals surface area contributed by atoms with Gasteiger partial charge in [0.1, 0.15) is 11.5 Å². The zero-order valence-corrected chi connectivity index (χ0v) is 15.6. The van der Waals surface area contributed by atoms with E-state index >= 15 is 0 Å². The summed E-state index contributed by atoms with van der Waals surface area (Å²) >= 11 is 0. The summed E-state index contributed by atoms with van der Waals surface area (Å²) in [5.41, 5.74) is 1.13. The van der Waals surface area contributed by atoms with Crippen molar-refractivity contribution in [1.29, 1.82) is 0 Å². The van der Waals surface area contributed by atoms with Gasteiger partial charge < -0.3 is 14.6 Å². The number of sulfonamides is 1. The number of hydrogen-bond donors (Lipinski definition) is 1. The fourth-order valence-electron chi connectivity index (χ4n) is 2.40. The predicted octanol–water partition coefficient (Wildman–Crippen LogP) is 2.68. The second kappa shape index (κ2) is 8.09. The van der Waals surface area contributed by atoms with Crippen LogP contribution in [0.4, 0.5) is 5.69 Å². The molecule has 2 aromatic rings. The smallest absolute Gasteiger partial charge is 0.305 e. The van der Waals surface area contributed by atoms with Gasteiger partial charge in [-0.1, -0.05) is 17.7 Å². The number of ether oxygens (including phenoxy) is 2. The van der Waals surface area contributed by atoms with Crippen molar-refractivity contribution < 1.29 is 27.8 Å². The van der Waals surface area contributed by atoms with Gasteiger partial charge >= 0.3 is 5.97 Å². The van der Waals surface area contributed by atoms with Crippen LogP contribution in [0.1, 0.15) is 12.0 Å². The van der Waals surface area contributed by atoms with E-state index in [1.54, 1.807) is 24.3 Å². The molecule has 0 bridgehead atoms. The third-order valence-electron chi connectivity index (χ3n) is 3.79. The lowest BCUT2D eigenvalue weighted by Gasteiger charge is -2.26. The highest BCUT2D eigenvalue weighted by Crippen LogP contribution is 2.35. The first-order valence-corrected chi connectivity index (χ1v) is 9.27. The highest BCUT2D eigenvalue weighted by molar-refractivity contribution is 7.92. The van der Waals surface area contributed by atoms with Crippen LogP contribution >= 0.6 is 0 Å². The van der Waals surface area contributed by atoms with Gasteiger partial charge in [0, 0.05) is 12.6 Å². The molecule has 2 rings (SSSR count). The average Bonchev–Trinajstić information content (AvgIpc) is 2.61. The van der Waals surface area contributed by atoms with E-state index in [9.17, 15) is 13.2 Å². The van der Waals surface area contributed by atoms with Crippen molar-refractivity contribution in [2.45, 2.75) is 18.2 Å². The van der Waals surface area contributed by atoms with E-state index in [1.165, 1.54) is 32.4 Å². The van der Waals surface area contributed by atoms with E-state index in [0.29, 0.717) is 11.5 Å². The molecule has 0 spiro atoms. The van der Waals surface area contributed by atoms with E-state index in [-0.39, 0.29) is 23.5 Å². The Morgan fingerprint density at radius 2 is 1.73 bits per heavy atom. The van der Waals surface area contributed by atoms with Crippen LogP contribution in [-0.2, 0) is 14.8 Å². The standard InChI is InChI=1S/C18H21NO6S/c1-13-4-7-15(8-5-13)26(22,23)19(11-10-18(20)21)16-12-14(24-2)6-9-17(16)25-3/h4-9,12H,10-11H2,1-3H3,(H,20,21). The second-order valence-electron chi connectivity index (χ2n) is 5.57. The number of benzene rings is 2. The summed E-state index contributed by atoms with van der Waals surface area (Å²) in [6, 6.07) is 11.1. The van der Waals surface area contributed by atoms with Gasteiger partial charge in [-0.15, -0.1) is 0 Å². The van der Waals surface area contributed by atoms with Crippen LogP contribution in [-0.4, -0.2) is 40.3 Å². The molecule has 140 valence electrons. The van der Waals surface area contributed by atoms with Gasteiger partial charge in [-0.3, -0.25) is 9.10 Å². The Morgan fingerprint density at radius 3 is 2.27 bits per heavy atom. The topological polar surface area (TPSA) is 93.1 Å². The third kappa shape index (κ3) is 4.26. The molecule has 7 nitrogen and oxygen atoms in total. The molecule has 26 heavy (non-hydrogen) atoms. The van der Waals surface area contributed by atoms with Gasteiger partial charge in [0.2, 0.25) is 0 Å². The van der Waals surface area contributed by atoms with Gasteiger partial charge in [-0.2, -0.15) is 0 Å². The minimum atomic E-state index is -3.99. The van der Waals surface area contributed by atoms with Crippen LogP contribution in [0.2, 0.25) is 0 Å². The lowest BCUT2D eigenvalue weighted by molar-refractivity contribution is -0.136. The molecule has 0 aromatic heterocycles. The van der Waals surface area contributed by atoms with Crippen LogP contribution in [0.25, 0.3) is 0 Å². The zero-order valence-electron chi connectivity index (χ0n) is 14.8. The monoisotopic (exact) mass is 379 g/mol. The molecule has 2 aromatic carbocycles. The summed E-state index contributed by atoms with van der Waals surface area (Å²) in [6.45, 7) is 1.61. The fourth-order valence-corrected chi connectivity index (χ4v) is 3.86. The van der Waals surface area contributed by atoms with Crippen molar-refractivity contribution in [3.05, 3.63) is 48.0 Å². The minimum Gasteiger partial charge on any atom is -0.497 e. The normalized spacial score (nSPS) is 11.0. The number of nitrogens with zero attached hydrogens (tertiary/aromatic N) is 1. The van der Waals surface area contributed by atoms with Crippen molar-refractivity contribution in [2.75, 3.05) is 25.1 Å². The summed E-state index contributed by atoms with van der Waals surface area (Å²) in [4.78, 5) is 11.1. The first-order chi connectivity index (χ1) is 12.3. The lowest BCUT2D eigenvalue weighted by Crippen LogP contribution is -2.33. The Kier molecular flexibility index (Phi) is 6.10. The fraction of sp³-hybridized carbons (Fsp3) is 0.278. The SMILES string of the molecule is COc1ccc(OC)c(N(CCC(=O)O)S(=O)(=O)c2ccc(C)cc2)c1. The molecule has 0 saturated carbocycles. The number of anilines is 1. The van der Waals surface area contributed by atoms with Crippen molar-refractivity contribution in [3.8, 4) is 11.5 Å². The predicted molar refractivity (Wildman–Crippen MR) is 97.5 cm³/mol. The summed E-state index contributed by atoms with van der Waals surface area (Å²) in [6.07, 6.45) is -0.356. The quantitative estimate of drug-likeness (QED) is 0.758. The van der Waals surface area contributed by atoms with Gasteiger partial charge in [-0.05, 0) is 31.2 Å². The number of aliphatic carboxylic acids is 1.